The SMILES string of the molecule is CC(CO)c1[nH]c2ccccc2c1C(=O)c1ccccc1. The largest absolute Gasteiger partial charge is 0.396 e. The summed E-state index contributed by atoms with van der Waals surface area (Å²) in [6, 6.07) is 17.0. The van der Waals surface area contributed by atoms with Crippen molar-refractivity contribution in [3.8, 4) is 0 Å². The smallest absolute Gasteiger partial charge is 0.195 e. The molecule has 0 bridgehead atoms. The molecule has 3 aromatic rings. The normalized spacial score (nSPS) is 12.5. The summed E-state index contributed by atoms with van der Waals surface area (Å²) in [5, 5.41) is 10.4. The molecule has 0 aliphatic carbocycles. The minimum Gasteiger partial charge on any atom is -0.396 e. The first-order chi connectivity index (χ1) is 10.2. The van der Waals surface area contributed by atoms with Gasteiger partial charge < -0.3 is 10.1 Å². The lowest BCUT2D eigenvalue weighted by atomic mass is 9.95. The van der Waals surface area contributed by atoms with Gasteiger partial charge in [-0.3, -0.25) is 4.79 Å². The summed E-state index contributed by atoms with van der Waals surface area (Å²) >= 11 is 0. The van der Waals surface area contributed by atoms with Crippen molar-refractivity contribution in [2.24, 2.45) is 0 Å². The van der Waals surface area contributed by atoms with Crippen LogP contribution in [0.3, 0.4) is 0 Å². The van der Waals surface area contributed by atoms with E-state index in [0.717, 1.165) is 16.6 Å². The van der Waals surface area contributed by atoms with Crippen LogP contribution in [0.4, 0.5) is 0 Å². The van der Waals surface area contributed by atoms with Gasteiger partial charge in [0.25, 0.3) is 0 Å². The number of H-pyrrole nitrogens is 1. The summed E-state index contributed by atoms with van der Waals surface area (Å²) in [6.45, 7) is 1.91. The molecule has 0 spiro atoms. The number of fused-ring (bicyclic) bond motifs is 1. The number of aromatic amines is 1. The van der Waals surface area contributed by atoms with Crippen molar-refractivity contribution in [3.05, 3.63) is 71.4 Å². The van der Waals surface area contributed by atoms with Crippen LogP contribution in [-0.4, -0.2) is 22.5 Å². The Morgan fingerprint density at radius 2 is 1.76 bits per heavy atom. The van der Waals surface area contributed by atoms with Crippen molar-refractivity contribution in [2.75, 3.05) is 6.61 Å². The Hall–Kier alpha value is -2.39. The lowest BCUT2D eigenvalue weighted by Gasteiger charge is -2.09. The molecule has 0 amide bonds. The number of nitrogens with one attached hydrogen (secondary N) is 1. The fourth-order valence-corrected chi connectivity index (χ4v) is 2.60. The molecule has 3 rings (SSSR count). The number of benzene rings is 2. The highest BCUT2D eigenvalue weighted by molar-refractivity contribution is 6.17. The number of rotatable bonds is 4. The lowest BCUT2D eigenvalue weighted by Crippen LogP contribution is -2.08. The molecule has 0 saturated heterocycles. The average Bonchev–Trinajstić information content (AvgIpc) is 2.93. The van der Waals surface area contributed by atoms with Crippen LogP contribution in [0.2, 0.25) is 0 Å². The van der Waals surface area contributed by atoms with E-state index < -0.39 is 0 Å². The zero-order chi connectivity index (χ0) is 14.8. The van der Waals surface area contributed by atoms with Crippen LogP contribution in [0.25, 0.3) is 10.9 Å². The van der Waals surface area contributed by atoms with Gasteiger partial charge in [0, 0.05) is 28.1 Å². The van der Waals surface area contributed by atoms with E-state index in [-0.39, 0.29) is 18.3 Å². The number of aliphatic hydroxyl groups excluding tert-OH is 1. The first kappa shape index (κ1) is 13.6. The highest BCUT2D eigenvalue weighted by Crippen LogP contribution is 2.29. The number of aliphatic hydroxyl groups is 1. The fraction of sp³-hybridized carbons (Fsp3) is 0.167. The third kappa shape index (κ3) is 2.36. The number of para-hydroxylation sites is 1. The van der Waals surface area contributed by atoms with E-state index in [1.165, 1.54) is 0 Å². The summed E-state index contributed by atoms with van der Waals surface area (Å²) < 4.78 is 0. The highest BCUT2D eigenvalue weighted by Gasteiger charge is 2.22. The topological polar surface area (TPSA) is 53.1 Å². The Morgan fingerprint density at radius 1 is 1.10 bits per heavy atom. The number of hydrogen-bond acceptors (Lipinski definition) is 2. The van der Waals surface area contributed by atoms with Gasteiger partial charge in [0.1, 0.15) is 0 Å². The van der Waals surface area contributed by atoms with E-state index in [9.17, 15) is 9.90 Å². The monoisotopic (exact) mass is 279 g/mol. The lowest BCUT2D eigenvalue weighted by molar-refractivity contribution is 0.103. The van der Waals surface area contributed by atoms with E-state index in [4.69, 9.17) is 0 Å². The summed E-state index contributed by atoms with van der Waals surface area (Å²) in [5.74, 6) is -0.122. The number of carbonyl (C=O) groups excluding carboxylic acids is 1. The molecule has 0 aliphatic heterocycles. The molecule has 106 valence electrons. The first-order valence-corrected chi connectivity index (χ1v) is 7.03. The Kier molecular flexibility index (Phi) is 3.59. The standard InChI is InChI=1S/C18H17NO2/c1-12(11-20)17-16(14-9-5-6-10-15(14)19-17)18(21)13-7-3-2-4-8-13/h2-10,12,19-20H,11H2,1H3. The average molecular weight is 279 g/mol. The van der Waals surface area contributed by atoms with Crippen LogP contribution in [0.15, 0.2) is 54.6 Å². The molecule has 3 nitrogen and oxygen atoms in total. The minimum absolute atomic E-state index is 0.00188. The van der Waals surface area contributed by atoms with E-state index >= 15 is 0 Å². The highest BCUT2D eigenvalue weighted by atomic mass is 16.3. The van der Waals surface area contributed by atoms with Crippen molar-refractivity contribution in [2.45, 2.75) is 12.8 Å². The van der Waals surface area contributed by atoms with Gasteiger partial charge in [-0.1, -0.05) is 55.5 Å². The van der Waals surface area contributed by atoms with Gasteiger partial charge in [-0.25, -0.2) is 0 Å². The van der Waals surface area contributed by atoms with Gasteiger partial charge in [-0.05, 0) is 6.07 Å². The molecule has 1 atom stereocenters. The molecule has 3 heteroatoms. The molecule has 1 heterocycles. The second-order valence-corrected chi connectivity index (χ2v) is 5.24. The van der Waals surface area contributed by atoms with E-state index in [1.807, 2.05) is 61.5 Å². The third-order valence-corrected chi connectivity index (χ3v) is 3.76. The van der Waals surface area contributed by atoms with Crippen LogP contribution in [-0.2, 0) is 0 Å². The summed E-state index contributed by atoms with van der Waals surface area (Å²) in [5.41, 5.74) is 3.05. The maximum Gasteiger partial charge on any atom is 0.195 e. The predicted octanol–water partition coefficient (Wildman–Crippen LogP) is 3.49. The summed E-state index contributed by atoms with van der Waals surface area (Å²) in [4.78, 5) is 16.1. The van der Waals surface area contributed by atoms with Crippen LogP contribution in [0.1, 0.15) is 34.5 Å². The Bertz CT molecular complexity index is 774. The molecule has 0 fully saturated rings. The van der Waals surface area contributed by atoms with Gasteiger partial charge in [0.05, 0.1) is 12.2 Å². The maximum absolute atomic E-state index is 12.9. The van der Waals surface area contributed by atoms with Gasteiger partial charge in [0.2, 0.25) is 0 Å². The van der Waals surface area contributed by atoms with E-state index in [2.05, 4.69) is 4.98 Å². The molecule has 2 aromatic carbocycles. The Labute approximate surface area is 123 Å². The zero-order valence-corrected chi connectivity index (χ0v) is 11.8. The molecule has 0 aliphatic rings. The van der Waals surface area contributed by atoms with Crippen LogP contribution in [0, 0.1) is 0 Å². The Morgan fingerprint density at radius 3 is 2.48 bits per heavy atom. The molecule has 1 unspecified atom stereocenters. The van der Waals surface area contributed by atoms with Crippen molar-refractivity contribution < 1.29 is 9.90 Å². The second kappa shape index (κ2) is 5.54. The summed E-state index contributed by atoms with van der Waals surface area (Å²) in [6.07, 6.45) is 0. The Balaban J connectivity index is 2.22. The molecule has 21 heavy (non-hydrogen) atoms. The van der Waals surface area contributed by atoms with E-state index in [1.54, 1.807) is 0 Å². The second-order valence-electron chi connectivity index (χ2n) is 5.24. The molecule has 0 saturated carbocycles. The van der Waals surface area contributed by atoms with Crippen molar-refractivity contribution in [3.63, 3.8) is 0 Å². The van der Waals surface area contributed by atoms with Crippen LogP contribution >= 0.6 is 0 Å². The maximum atomic E-state index is 12.9. The molecule has 0 radical (unpaired) electrons. The quantitative estimate of drug-likeness (QED) is 0.718. The van der Waals surface area contributed by atoms with Crippen LogP contribution in [0.5, 0.6) is 0 Å². The fourth-order valence-electron chi connectivity index (χ4n) is 2.60. The molecular formula is C18H17NO2. The van der Waals surface area contributed by atoms with Crippen molar-refractivity contribution in [1.82, 2.24) is 4.98 Å². The number of aromatic nitrogens is 1. The van der Waals surface area contributed by atoms with Crippen molar-refractivity contribution in [1.29, 1.82) is 0 Å². The molecular weight excluding hydrogens is 262 g/mol. The molecule has 2 N–H and O–H groups in total. The first-order valence-electron chi connectivity index (χ1n) is 7.03. The number of ketones is 1. The number of hydrogen-bond donors (Lipinski definition) is 2. The third-order valence-electron chi connectivity index (χ3n) is 3.76. The summed E-state index contributed by atoms with van der Waals surface area (Å²) in [7, 11) is 0. The zero-order valence-electron chi connectivity index (χ0n) is 11.8. The van der Waals surface area contributed by atoms with E-state index in [0.29, 0.717) is 11.1 Å². The minimum atomic E-state index is -0.111. The number of carbonyl (C=O) groups is 1. The van der Waals surface area contributed by atoms with Gasteiger partial charge >= 0.3 is 0 Å². The van der Waals surface area contributed by atoms with Gasteiger partial charge in [-0.15, -0.1) is 0 Å². The van der Waals surface area contributed by atoms with Crippen LogP contribution < -0.4 is 0 Å². The van der Waals surface area contributed by atoms with Crippen molar-refractivity contribution >= 4 is 16.7 Å². The van der Waals surface area contributed by atoms with Gasteiger partial charge in [0.15, 0.2) is 5.78 Å². The predicted molar refractivity (Wildman–Crippen MR) is 83.7 cm³/mol. The molecule has 1 aromatic heterocycles. The van der Waals surface area contributed by atoms with Gasteiger partial charge in [-0.2, -0.15) is 0 Å².